The zero-order chi connectivity index (χ0) is 15.6. The molecule has 2 N–H and O–H groups in total. The Morgan fingerprint density at radius 3 is 2.48 bits per heavy atom. The SMILES string of the molecule is CC(C)c1cc(C(=O)O)cc(Nc2ccc(Cl)c(Cl)c2)n1. The molecule has 21 heavy (non-hydrogen) atoms. The Morgan fingerprint density at radius 1 is 1.19 bits per heavy atom. The molecule has 0 aliphatic carbocycles. The average molecular weight is 325 g/mol. The van der Waals surface area contributed by atoms with Gasteiger partial charge in [-0.1, -0.05) is 37.0 Å². The van der Waals surface area contributed by atoms with Crippen molar-refractivity contribution < 1.29 is 9.90 Å². The Balaban J connectivity index is 2.38. The lowest BCUT2D eigenvalue weighted by Gasteiger charge is -2.11. The summed E-state index contributed by atoms with van der Waals surface area (Å²) in [6.07, 6.45) is 0. The van der Waals surface area contributed by atoms with Crippen LogP contribution in [0.2, 0.25) is 10.0 Å². The number of aromatic nitrogens is 1. The summed E-state index contributed by atoms with van der Waals surface area (Å²) in [6.45, 7) is 3.91. The fraction of sp³-hybridized carbons (Fsp3) is 0.200. The summed E-state index contributed by atoms with van der Waals surface area (Å²) >= 11 is 11.8. The number of hydrogen-bond acceptors (Lipinski definition) is 3. The molecule has 0 aliphatic heterocycles. The molecule has 1 heterocycles. The summed E-state index contributed by atoms with van der Waals surface area (Å²) in [5, 5.41) is 13.1. The van der Waals surface area contributed by atoms with Gasteiger partial charge in [0, 0.05) is 11.4 Å². The van der Waals surface area contributed by atoms with E-state index in [0.29, 0.717) is 27.2 Å². The van der Waals surface area contributed by atoms with Crippen LogP contribution in [0, 0.1) is 0 Å². The van der Waals surface area contributed by atoms with E-state index in [1.807, 2.05) is 13.8 Å². The molecule has 2 rings (SSSR count). The van der Waals surface area contributed by atoms with Crippen molar-refractivity contribution in [1.29, 1.82) is 0 Å². The lowest BCUT2D eigenvalue weighted by Crippen LogP contribution is -2.04. The Bertz CT molecular complexity index is 687. The Hall–Kier alpha value is -1.78. The molecule has 0 saturated heterocycles. The molecule has 0 bridgehead atoms. The van der Waals surface area contributed by atoms with E-state index in [-0.39, 0.29) is 11.5 Å². The van der Waals surface area contributed by atoms with Gasteiger partial charge in [0.2, 0.25) is 0 Å². The lowest BCUT2D eigenvalue weighted by atomic mass is 10.1. The predicted molar refractivity (Wildman–Crippen MR) is 85.0 cm³/mol. The topological polar surface area (TPSA) is 62.2 Å². The van der Waals surface area contributed by atoms with Crippen LogP contribution in [0.25, 0.3) is 0 Å². The monoisotopic (exact) mass is 324 g/mol. The Kier molecular flexibility index (Phi) is 4.70. The molecule has 0 amide bonds. The van der Waals surface area contributed by atoms with E-state index in [4.69, 9.17) is 28.3 Å². The largest absolute Gasteiger partial charge is 0.478 e. The molecule has 0 fully saturated rings. The maximum absolute atomic E-state index is 11.2. The van der Waals surface area contributed by atoms with Gasteiger partial charge in [-0.15, -0.1) is 0 Å². The number of nitrogens with one attached hydrogen (secondary N) is 1. The minimum Gasteiger partial charge on any atom is -0.478 e. The van der Waals surface area contributed by atoms with Crippen LogP contribution in [0.1, 0.15) is 35.8 Å². The molecule has 0 spiro atoms. The quantitative estimate of drug-likeness (QED) is 0.834. The van der Waals surface area contributed by atoms with E-state index >= 15 is 0 Å². The number of nitrogens with zero attached hydrogens (tertiary/aromatic N) is 1. The fourth-order valence-corrected chi connectivity index (χ4v) is 2.06. The van der Waals surface area contributed by atoms with E-state index in [2.05, 4.69) is 10.3 Å². The lowest BCUT2D eigenvalue weighted by molar-refractivity contribution is 0.0696. The minimum absolute atomic E-state index is 0.124. The number of halogens is 2. The number of pyridine rings is 1. The van der Waals surface area contributed by atoms with E-state index < -0.39 is 5.97 Å². The molecule has 4 nitrogen and oxygen atoms in total. The normalized spacial score (nSPS) is 10.7. The van der Waals surface area contributed by atoms with E-state index in [1.165, 1.54) is 6.07 Å². The van der Waals surface area contributed by atoms with Gasteiger partial charge >= 0.3 is 5.97 Å². The second-order valence-corrected chi connectivity index (χ2v) is 5.69. The number of anilines is 2. The molecule has 1 aromatic carbocycles. The van der Waals surface area contributed by atoms with E-state index in [0.717, 1.165) is 0 Å². The zero-order valence-corrected chi connectivity index (χ0v) is 13.0. The van der Waals surface area contributed by atoms with Gasteiger partial charge in [0.05, 0.1) is 15.6 Å². The fourth-order valence-electron chi connectivity index (χ4n) is 1.76. The highest BCUT2D eigenvalue weighted by Crippen LogP contribution is 2.27. The van der Waals surface area contributed by atoms with Crippen LogP contribution in [-0.4, -0.2) is 16.1 Å². The second-order valence-electron chi connectivity index (χ2n) is 4.88. The molecule has 6 heteroatoms. The van der Waals surface area contributed by atoms with Crippen LogP contribution < -0.4 is 5.32 Å². The maximum Gasteiger partial charge on any atom is 0.335 e. The molecular formula is C15H14Cl2N2O2. The van der Waals surface area contributed by atoms with Gasteiger partial charge in [-0.25, -0.2) is 9.78 Å². The summed E-state index contributed by atoms with van der Waals surface area (Å²) in [5.41, 5.74) is 1.59. The number of hydrogen-bond donors (Lipinski definition) is 2. The van der Waals surface area contributed by atoms with Gasteiger partial charge < -0.3 is 10.4 Å². The number of aromatic carboxylic acids is 1. The molecule has 0 radical (unpaired) electrons. The van der Waals surface area contributed by atoms with E-state index in [1.54, 1.807) is 24.3 Å². The van der Waals surface area contributed by atoms with Crippen LogP contribution in [0.4, 0.5) is 11.5 Å². The third kappa shape index (κ3) is 3.86. The van der Waals surface area contributed by atoms with Crippen molar-refractivity contribution in [3.05, 3.63) is 51.6 Å². The molecule has 0 saturated carbocycles. The van der Waals surface area contributed by atoms with Gasteiger partial charge in [-0.05, 0) is 36.2 Å². The van der Waals surface area contributed by atoms with Crippen LogP contribution in [0.5, 0.6) is 0 Å². The Morgan fingerprint density at radius 2 is 1.90 bits per heavy atom. The number of carboxylic acids is 1. The number of carboxylic acid groups (broad SMARTS) is 1. The van der Waals surface area contributed by atoms with Crippen LogP contribution in [-0.2, 0) is 0 Å². The van der Waals surface area contributed by atoms with Gasteiger partial charge in [-0.2, -0.15) is 0 Å². The van der Waals surface area contributed by atoms with Crippen molar-refractivity contribution in [2.24, 2.45) is 0 Å². The smallest absolute Gasteiger partial charge is 0.335 e. The van der Waals surface area contributed by atoms with Crippen molar-refractivity contribution in [1.82, 2.24) is 4.98 Å². The summed E-state index contributed by atoms with van der Waals surface area (Å²) < 4.78 is 0. The average Bonchev–Trinajstić information content (AvgIpc) is 2.42. The molecule has 1 aromatic heterocycles. The number of carbonyl (C=O) groups is 1. The molecule has 110 valence electrons. The van der Waals surface area contributed by atoms with Crippen LogP contribution >= 0.6 is 23.2 Å². The first-order chi connectivity index (χ1) is 9.86. The van der Waals surface area contributed by atoms with Crippen molar-refractivity contribution >= 4 is 40.7 Å². The number of rotatable bonds is 4. The summed E-state index contributed by atoms with van der Waals surface area (Å²) in [6, 6.07) is 8.13. The van der Waals surface area contributed by atoms with Gasteiger partial charge in [0.25, 0.3) is 0 Å². The van der Waals surface area contributed by atoms with E-state index in [9.17, 15) is 4.79 Å². The van der Waals surface area contributed by atoms with Gasteiger partial charge in [0.1, 0.15) is 5.82 Å². The van der Waals surface area contributed by atoms with Gasteiger partial charge in [-0.3, -0.25) is 0 Å². The van der Waals surface area contributed by atoms with Crippen molar-refractivity contribution in [3.63, 3.8) is 0 Å². The molecule has 0 atom stereocenters. The number of benzene rings is 1. The Labute approximate surface area is 132 Å². The molecule has 0 aliphatic rings. The first-order valence-electron chi connectivity index (χ1n) is 6.34. The summed E-state index contributed by atoms with van der Waals surface area (Å²) in [4.78, 5) is 15.6. The van der Waals surface area contributed by atoms with Crippen molar-refractivity contribution in [2.45, 2.75) is 19.8 Å². The molecule has 2 aromatic rings. The first kappa shape index (κ1) is 15.6. The first-order valence-corrected chi connectivity index (χ1v) is 7.09. The van der Waals surface area contributed by atoms with Crippen LogP contribution in [0.15, 0.2) is 30.3 Å². The van der Waals surface area contributed by atoms with Crippen LogP contribution in [0.3, 0.4) is 0 Å². The minimum atomic E-state index is -0.989. The second kappa shape index (κ2) is 6.33. The molecule has 0 unspecified atom stereocenters. The highest BCUT2D eigenvalue weighted by molar-refractivity contribution is 6.42. The standard InChI is InChI=1S/C15H14Cl2N2O2/c1-8(2)13-5-9(15(20)21)6-14(19-13)18-10-3-4-11(16)12(17)7-10/h3-8H,1-2H3,(H,18,19)(H,20,21). The highest BCUT2D eigenvalue weighted by atomic mass is 35.5. The predicted octanol–water partition coefficient (Wildman–Crippen LogP) is 4.95. The summed E-state index contributed by atoms with van der Waals surface area (Å²) in [7, 11) is 0. The molecular weight excluding hydrogens is 311 g/mol. The highest BCUT2D eigenvalue weighted by Gasteiger charge is 2.11. The van der Waals surface area contributed by atoms with Gasteiger partial charge in [0.15, 0.2) is 0 Å². The maximum atomic E-state index is 11.2. The third-order valence-corrected chi connectivity index (χ3v) is 3.61. The zero-order valence-electron chi connectivity index (χ0n) is 11.5. The van der Waals surface area contributed by atoms with Crippen molar-refractivity contribution in [2.75, 3.05) is 5.32 Å². The third-order valence-electron chi connectivity index (χ3n) is 2.88. The van der Waals surface area contributed by atoms with Crippen molar-refractivity contribution in [3.8, 4) is 0 Å². The summed E-state index contributed by atoms with van der Waals surface area (Å²) in [5.74, 6) is -0.410.